The maximum atomic E-state index is 11.9. The molecule has 144 valence electrons. The standard InChI is InChI=1S/C19H26N6OS/c1-12(2)20-17(26)11-27-19-22-21-18-16-10-15(14-6-4-13(3)5-7-14)23-25(16)9-8-24(18)19/h4-9,12,15-16,18,21,23H,10-11H2,1-3H3,(H,20,26). The number of benzene rings is 1. The number of nitrogens with one attached hydrogen (secondary N) is 3. The normalized spacial score (nSPS) is 25.9. The summed E-state index contributed by atoms with van der Waals surface area (Å²) in [5, 5.41) is 10.4. The molecule has 0 spiro atoms. The van der Waals surface area contributed by atoms with E-state index in [4.69, 9.17) is 0 Å². The van der Waals surface area contributed by atoms with Crippen molar-refractivity contribution >= 4 is 22.8 Å². The van der Waals surface area contributed by atoms with Crippen molar-refractivity contribution in [3.63, 3.8) is 0 Å². The average Bonchev–Trinajstić information content (AvgIpc) is 3.23. The Bertz CT molecular complexity index is 762. The van der Waals surface area contributed by atoms with Crippen LogP contribution in [0.4, 0.5) is 0 Å². The molecule has 8 heteroatoms. The number of hydrogen-bond acceptors (Lipinski definition) is 7. The van der Waals surface area contributed by atoms with Crippen LogP contribution in [0, 0.1) is 6.92 Å². The van der Waals surface area contributed by atoms with E-state index in [2.05, 4.69) is 68.6 Å². The summed E-state index contributed by atoms with van der Waals surface area (Å²) < 4.78 is 0. The van der Waals surface area contributed by atoms with Crippen molar-refractivity contribution in [3.8, 4) is 0 Å². The van der Waals surface area contributed by atoms with E-state index in [1.165, 1.54) is 22.9 Å². The van der Waals surface area contributed by atoms with Gasteiger partial charge in [0, 0.05) is 18.4 Å². The van der Waals surface area contributed by atoms with Crippen molar-refractivity contribution < 1.29 is 4.79 Å². The molecule has 7 nitrogen and oxygen atoms in total. The van der Waals surface area contributed by atoms with Gasteiger partial charge in [0.15, 0.2) is 5.17 Å². The van der Waals surface area contributed by atoms with Crippen LogP contribution in [0.3, 0.4) is 0 Å². The van der Waals surface area contributed by atoms with Gasteiger partial charge >= 0.3 is 0 Å². The number of hydrazone groups is 1. The van der Waals surface area contributed by atoms with E-state index < -0.39 is 0 Å². The number of hydrogen-bond donors (Lipinski definition) is 3. The molecule has 0 aromatic heterocycles. The van der Waals surface area contributed by atoms with Crippen molar-refractivity contribution in [3.05, 3.63) is 47.8 Å². The number of aryl methyl sites for hydroxylation is 1. The van der Waals surface area contributed by atoms with Gasteiger partial charge in [-0.05, 0) is 32.8 Å². The Labute approximate surface area is 164 Å². The van der Waals surface area contributed by atoms with E-state index in [-0.39, 0.29) is 30.2 Å². The molecule has 0 aliphatic carbocycles. The maximum Gasteiger partial charge on any atom is 0.230 e. The Hall–Kier alpha value is -2.19. The van der Waals surface area contributed by atoms with E-state index in [0.717, 1.165) is 11.6 Å². The van der Waals surface area contributed by atoms with Crippen LogP contribution in [0.1, 0.15) is 37.4 Å². The molecule has 1 aromatic carbocycles. The fourth-order valence-corrected chi connectivity index (χ4v) is 4.44. The number of carbonyl (C=O) groups excluding carboxylic acids is 1. The Morgan fingerprint density at radius 3 is 2.85 bits per heavy atom. The maximum absolute atomic E-state index is 11.9. The Morgan fingerprint density at radius 1 is 1.33 bits per heavy atom. The third kappa shape index (κ3) is 3.77. The summed E-state index contributed by atoms with van der Waals surface area (Å²) in [4.78, 5) is 14.0. The average molecular weight is 387 g/mol. The smallest absolute Gasteiger partial charge is 0.230 e. The highest BCUT2D eigenvalue weighted by atomic mass is 32.2. The van der Waals surface area contributed by atoms with Gasteiger partial charge in [0.05, 0.1) is 17.8 Å². The van der Waals surface area contributed by atoms with Crippen LogP contribution in [0.5, 0.6) is 0 Å². The van der Waals surface area contributed by atoms with Gasteiger partial charge in [0.25, 0.3) is 0 Å². The Morgan fingerprint density at radius 2 is 2.11 bits per heavy atom. The summed E-state index contributed by atoms with van der Waals surface area (Å²) in [6, 6.07) is 9.42. The number of nitrogens with zero attached hydrogens (tertiary/aromatic N) is 3. The van der Waals surface area contributed by atoms with Gasteiger partial charge in [-0.15, -0.1) is 0 Å². The Kier molecular flexibility index (Phi) is 5.01. The molecular formula is C19H26N6OS. The molecule has 3 unspecified atom stereocenters. The summed E-state index contributed by atoms with van der Waals surface area (Å²) >= 11 is 1.46. The number of thioether (sulfide) groups is 1. The van der Waals surface area contributed by atoms with Crippen molar-refractivity contribution in [2.24, 2.45) is 5.10 Å². The first-order chi connectivity index (χ1) is 13.0. The predicted octanol–water partition coefficient (Wildman–Crippen LogP) is 1.86. The van der Waals surface area contributed by atoms with Crippen LogP contribution in [0.15, 0.2) is 41.8 Å². The molecule has 3 atom stereocenters. The highest BCUT2D eigenvalue weighted by Gasteiger charge is 2.44. The minimum atomic E-state index is 0.0331. The van der Waals surface area contributed by atoms with Crippen molar-refractivity contribution in [2.75, 3.05) is 5.75 Å². The molecule has 27 heavy (non-hydrogen) atoms. The Balaban J connectivity index is 1.38. The topological polar surface area (TPSA) is 72.0 Å². The van der Waals surface area contributed by atoms with Crippen LogP contribution < -0.4 is 16.2 Å². The molecule has 3 aliphatic rings. The summed E-state index contributed by atoms with van der Waals surface area (Å²) in [6.45, 7) is 6.04. The molecule has 3 aliphatic heterocycles. The lowest BCUT2D eigenvalue weighted by molar-refractivity contribution is -0.119. The lowest BCUT2D eigenvalue weighted by Crippen LogP contribution is -2.54. The second kappa shape index (κ2) is 7.44. The molecule has 3 heterocycles. The first-order valence-electron chi connectivity index (χ1n) is 9.34. The van der Waals surface area contributed by atoms with Gasteiger partial charge in [-0.25, -0.2) is 5.43 Å². The molecule has 1 saturated heterocycles. The molecule has 1 aromatic rings. The monoisotopic (exact) mass is 386 g/mol. The van der Waals surface area contributed by atoms with Gasteiger partial charge in [-0.1, -0.05) is 41.6 Å². The number of rotatable bonds is 4. The first kappa shape index (κ1) is 18.2. The third-order valence-corrected chi connectivity index (χ3v) is 5.93. The van der Waals surface area contributed by atoms with Gasteiger partial charge in [-0.2, -0.15) is 5.10 Å². The number of amidine groups is 1. The van der Waals surface area contributed by atoms with Crippen molar-refractivity contribution in [1.29, 1.82) is 0 Å². The highest BCUT2D eigenvalue weighted by molar-refractivity contribution is 8.14. The molecule has 0 saturated carbocycles. The second-order valence-corrected chi connectivity index (χ2v) is 8.43. The molecule has 0 radical (unpaired) electrons. The molecule has 1 amide bonds. The van der Waals surface area contributed by atoms with E-state index in [9.17, 15) is 4.79 Å². The zero-order valence-corrected chi connectivity index (χ0v) is 16.7. The van der Waals surface area contributed by atoms with E-state index in [1.54, 1.807) is 0 Å². The summed E-state index contributed by atoms with van der Waals surface area (Å²) in [5.41, 5.74) is 9.41. The van der Waals surface area contributed by atoms with E-state index >= 15 is 0 Å². The largest absolute Gasteiger partial charge is 0.353 e. The minimum Gasteiger partial charge on any atom is -0.353 e. The molecule has 3 N–H and O–H groups in total. The fraction of sp³-hybridized carbons (Fsp3) is 0.474. The van der Waals surface area contributed by atoms with E-state index in [1.807, 2.05) is 20.0 Å². The summed E-state index contributed by atoms with van der Waals surface area (Å²) in [5.74, 6) is 0.403. The molecule has 4 rings (SSSR count). The number of hydrazine groups is 1. The van der Waals surface area contributed by atoms with Crippen LogP contribution in [-0.2, 0) is 4.79 Å². The van der Waals surface area contributed by atoms with Crippen molar-refractivity contribution in [2.45, 2.75) is 51.5 Å². The van der Waals surface area contributed by atoms with Crippen LogP contribution in [-0.4, -0.2) is 45.0 Å². The minimum absolute atomic E-state index is 0.0331. The first-order valence-corrected chi connectivity index (χ1v) is 10.3. The van der Waals surface area contributed by atoms with Crippen LogP contribution >= 0.6 is 11.8 Å². The predicted molar refractivity (Wildman–Crippen MR) is 108 cm³/mol. The zero-order valence-electron chi connectivity index (χ0n) is 15.8. The second-order valence-electron chi connectivity index (χ2n) is 7.49. The van der Waals surface area contributed by atoms with Crippen LogP contribution in [0.25, 0.3) is 0 Å². The number of fused-ring (bicyclic) bond motifs is 3. The van der Waals surface area contributed by atoms with Crippen LogP contribution in [0.2, 0.25) is 0 Å². The van der Waals surface area contributed by atoms with Gasteiger partial charge in [0.1, 0.15) is 6.17 Å². The lowest BCUT2D eigenvalue weighted by atomic mass is 9.99. The van der Waals surface area contributed by atoms with Gasteiger partial charge in [0.2, 0.25) is 5.91 Å². The number of amides is 1. The lowest BCUT2D eigenvalue weighted by Gasteiger charge is -2.36. The van der Waals surface area contributed by atoms with Gasteiger partial charge < -0.3 is 15.2 Å². The number of carbonyl (C=O) groups is 1. The third-order valence-electron chi connectivity index (χ3n) is 4.97. The van der Waals surface area contributed by atoms with Crippen molar-refractivity contribution in [1.82, 2.24) is 26.1 Å². The summed E-state index contributed by atoms with van der Waals surface area (Å²) in [7, 11) is 0. The quantitative estimate of drug-likeness (QED) is 0.734. The summed E-state index contributed by atoms with van der Waals surface area (Å²) in [6.07, 6.45) is 5.15. The molecular weight excluding hydrogens is 360 g/mol. The fourth-order valence-electron chi connectivity index (χ4n) is 3.66. The van der Waals surface area contributed by atoms with E-state index in [0.29, 0.717) is 5.75 Å². The highest BCUT2D eigenvalue weighted by Crippen LogP contribution is 2.35. The zero-order chi connectivity index (χ0) is 19.0. The molecule has 1 fully saturated rings. The molecule has 0 bridgehead atoms. The van der Waals surface area contributed by atoms with Gasteiger partial charge in [-0.3, -0.25) is 10.2 Å². The SMILES string of the molecule is Cc1ccc(C2CC3C4NN=C(SCC(=O)NC(C)C)N4C=CN3N2)cc1.